The third kappa shape index (κ3) is 3.15. The first kappa shape index (κ1) is 14.7. The van der Waals surface area contributed by atoms with Crippen LogP contribution in [0.2, 0.25) is 0 Å². The van der Waals surface area contributed by atoms with Crippen LogP contribution >= 0.6 is 0 Å². The molecular formula is C14H13F3N2O3. The van der Waals surface area contributed by atoms with Gasteiger partial charge in [0.1, 0.15) is 11.8 Å². The Labute approximate surface area is 124 Å². The normalized spacial score (nSPS) is 22.1. The average molecular weight is 314 g/mol. The third-order valence-electron chi connectivity index (χ3n) is 3.52. The fourth-order valence-electron chi connectivity index (χ4n) is 2.43. The number of amides is 2. The van der Waals surface area contributed by atoms with Crippen molar-refractivity contribution in [2.24, 2.45) is 0 Å². The monoisotopic (exact) mass is 314 g/mol. The number of likely N-dealkylation sites (tertiary alicyclic amines) is 1. The van der Waals surface area contributed by atoms with Gasteiger partial charge >= 0.3 is 6.36 Å². The van der Waals surface area contributed by atoms with Gasteiger partial charge in [0.25, 0.3) is 5.91 Å². The number of carbonyl (C=O) groups excluding carboxylic acids is 2. The van der Waals surface area contributed by atoms with Crippen molar-refractivity contribution in [3.8, 4) is 5.75 Å². The number of carbonyl (C=O) groups is 2. The fraction of sp³-hybridized carbons (Fsp3) is 0.429. The first-order valence-electron chi connectivity index (χ1n) is 6.82. The Kier molecular flexibility index (Phi) is 3.46. The van der Waals surface area contributed by atoms with Gasteiger partial charge in [-0.2, -0.15) is 0 Å². The van der Waals surface area contributed by atoms with E-state index in [-0.39, 0.29) is 30.0 Å². The Morgan fingerprint density at radius 3 is 2.32 bits per heavy atom. The van der Waals surface area contributed by atoms with Gasteiger partial charge in [0.2, 0.25) is 5.91 Å². The molecule has 8 heteroatoms. The second-order valence-electron chi connectivity index (χ2n) is 5.31. The number of nitrogens with zero attached hydrogens (tertiary/aromatic N) is 1. The molecular weight excluding hydrogens is 301 g/mol. The van der Waals surface area contributed by atoms with Crippen molar-refractivity contribution in [2.75, 3.05) is 5.32 Å². The van der Waals surface area contributed by atoms with E-state index in [0.717, 1.165) is 25.0 Å². The zero-order valence-electron chi connectivity index (χ0n) is 11.4. The number of nitrogens with one attached hydrogen (secondary N) is 1. The quantitative estimate of drug-likeness (QED) is 0.866. The van der Waals surface area contributed by atoms with Gasteiger partial charge in [0.15, 0.2) is 0 Å². The van der Waals surface area contributed by atoms with Gasteiger partial charge in [-0.1, -0.05) is 0 Å². The summed E-state index contributed by atoms with van der Waals surface area (Å²) in [7, 11) is 0. The lowest BCUT2D eigenvalue weighted by Crippen LogP contribution is -2.36. The maximum absolute atomic E-state index is 12.1. The molecule has 1 heterocycles. The van der Waals surface area contributed by atoms with E-state index in [1.165, 1.54) is 17.0 Å². The lowest BCUT2D eigenvalue weighted by molar-refractivity contribution is -0.274. The Morgan fingerprint density at radius 1 is 1.14 bits per heavy atom. The van der Waals surface area contributed by atoms with E-state index in [9.17, 15) is 22.8 Å². The maximum Gasteiger partial charge on any atom is 0.573 e. The predicted molar refractivity (Wildman–Crippen MR) is 70.0 cm³/mol. The molecule has 0 spiro atoms. The van der Waals surface area contributed by atoms with Gasteiger partial charge in [-0.25, -0.2) is 0 Å². The second kappa shape index (κ2) is 5.19. The summed E-state index contributed by atoms with van der Waals surface area (Å²) in [5.41, 5.74) is 0.457. The maximum atomic E-state index is 12.1. The molecule has 2 amide bonds. The Hall–Kier alpha value is -2.25. The molecule has 5 nitrogen and oxygen atoms in total. The molecule has 1 saturated carbocycles. The van der Waals surface area contributed by atoms with Gasteiger partial charge < -0.3 is 10.1 Å². The predicted octanol–water partition coefficient (Wildman–Crippen LogP) is 2.29. The van der Waals surface area contributed by atoms with Crippen molar-refractivity contribution in [3.05, 3.63) is 24.3 Å². The van der Waals surface area contributed by atoms with Crippen LogP contribution < -0.4 is 10.1 Å². The topological polar surface area (TPSA) is 58.6 Å². The van der Waals surface area contributed by atoms with Crippen molar-refractivity contribution in [1.29, 1.82) is 0 Å². The summed E-state index contributed by atoms with van der Waals surface area (Å²) in [4.78, 5) is 25.2. The zero-order valence-corrected chi connectivity index (χ0v) is 11.4. The molecule has 3 rings (SSSR count). The molecule has 1 N–H and O–H groups in total. The van der Waals surface area contributed by atoms with Crippen LogP contribution in [0, 0.1) is 0 Å². The van der Waals surface area contributed by atoms with Gasteiger partial charge in [-0.05, 0) is 37.1 Å². The number of anilines is 1. The van der Waals surface area contributed by atoms with E-state index in [1.54, 1.807) is 0 Å². The second-order valence-corrected chi connectivity index (χ2v) is 5.31. The van der Waals surface area contributed by atoms with Crippen molar-refractivity contribution >= 4 is 17.5 Å². The van der Waals surface area contributed by atoms with Crippen molar-refractivity contribution in [3.63, 3.8) is 0 Å². The van der Waals surface area contributed by atoms with Gasteiger partial charge in [0.05, 0.1) is 6.42 Å². The summed E-state index contributed by atoms with van der Waals surface area (Å²) in [6.07, 6.45) is -2.99. The van der Waals surface area contributed by atoms with E-state index in [4.69, 9.17) is 0 Å². The summed E-state index contributed by atoms with van der Waals surface area (Å²) in [6.45, 7) is 0. The van der Waals surface area contributed by atoms with Crippen molar-refractivity contribution in [2.45, 2.75) is 37.7 Å². The summed E-state index contributed by atoms with van der Waals surface area (Å²) in [5.74, 6) is -0.823. The molecule has 0 bridgehead atoms. The van der Waals surface area contributed by atoms with Crippen molar-refractivity contribution in [1.82, 2.24) is 4.90 Å². The highest BCUT2D eigenvalue weighted by Crippen LogP contribution is 2.32. The Balaban J connectivity index is 1.64. The largest absolute Gasteiger partial charge is 0.573 e. The van der Waals surface area contributed by atoms with Crippen LogP contribution in [-0.2, 0) is 9.59 Å². The lowest BCUT2D eigenvalue weighted by Gasteiger charge is -2.15. The summed E-state index contributed by atoms with van der Waals surface area (Å²) in [6, 6.07) is 4.40. The number of benzene rings is 1. The molecule has 1 aliphatic carbocycles. The minimum atomic E-state index is -4.74. The molecule has 1 aromatic rings. The molecule has 1 aromatic carbocycles. The van der Waals surface area contributed by atoms with E-state index >= 15 is 0 Å². The molecule has 22 heavy (non-hydrogen) atoms. The number of imide groups is 1. The molecule has 2 fully saturated rings. The SMILES string of the molecule is O=C1C[C@H](Nc2ccc(OC(F)(F)F)cc2)C(=O)N1C1CC1. The molecule has 2 aliphatic rings. The minimum absolute atomic E-state index is 0.0226. The smallest absolute Gasteiger partial charge is 0.406 e. The number of hydrogen-bond donors (Lipinski definition) is 1. The van der Waals surface area contributed by atoms with Crippen LogP contribution in [0.25, 0.3) is 0 Å². The zero-order chi connectivity index (χ0) is 15.9. The number of halogens is 3. The number of ether oxygens (including phenoxy) is 1. The van der Waals surface area contributed by atoms with E-state index in [1.807, 2.05) is 0 Å². The molecule has 0 aromatic heterocycles. The Morgan fingerprint density at radius 2 is 1.77 bits per heavy atom. The van der Waals surface area contributed by atoms with E-state index in [2.05, 4.69) is 10.1 Å². The van der Waals surface area contributed by atoms with Crippen LogP contribution in [0.4, 0.5) is 18.9 Å². The summed E-state index contributed by atoms with van der Waals surface area (Å²) in [5, 5.41) is 2.87. The van der Waals surface area contributed by atoms with Gasteiger partial charge in [0, 0.05) is 11.7 Å². The average Bonchev–Trinajstić information content (AvgIpc) is 3.19. The summed E-state index contributed by atoms with van der Waals surface area (Å²) >= 11 is 0. The van der Waals surface area contributed by atoms with Crippen LogP contribution in [0.15, 0.2) is 24.3 Å². The first-order chi connectivity index (χ1) is 10.3. The highest BCUT2D eigenvalue weighted by atomic mass is 19.4. The van der Waals surface area contributed by atoms with Crippen LogP contribution in [0.1, 0.15) is 19.3 Å². The fourth-order valence-corrected chi connectivity index (χ4v) is 2.43. The number of rotatable bonds is 4. The first-order valence-corrected chi connectivity index (χ1v) is 6.82. The van der Waals surface area contributed by atoms with Gasteiger partial charge in [-0.3, -0.25) is 14.5 Å². The summed E-state index contributed by atoms with van der Waals surface area (Å²) < 4.78 is 40.0. The van der Waals surface area contributed by atoms with Gasteiger partial charge in [-0.15, -0.1) is 13.2 Å². The van der Waals surface area contributed by atoms with E-state index < -0.39 is 12.4 Å². The highest BCUT2D eigenvalue weighted by molar-refractivity contribution is 6.07. The molecule has 1 saturated heterocycles. The number of alkyl halides is 3. The molecule has 1 aliphatic heterocycles. The molecule has 0 unspecified atom stereocenters. The molecule has 1 atom stereocenters. The molecule has 0 radical (unpaired) electrons. The van der Waals surface area contributed by atoms with Crippen LogP contribution in [-0.4, -0.2) is 35.2 Å². The third-order valence-corrected chi connectivity index (χ3v) is 3.52. The standard InChI is InChI=1S/C14H13F3N2O3/c15-14(16,17)22-10-5-1-8(2-6-10)18-11-7-12(20)19(13(11)21)9-3-4-9/h1-2,5-6,9,11,18H,3-4,7H2/t11-/m0/s1. The number of hydrogen-bond acceptors (Lipinski definition) is 4. The molecule has 118 valence electrons. The van der Waals surface area contributed by atoms with Crippen molar-refractivity contribution < 1.29 is 27.5 Å². The Bertz CT molecular complexity index is 596. The minimum Gasteiger partial charge on any atom is -0.406 e. The van der Waals surface area contributed by atoms with E-state index in [0.29, 0.717) is 5.69 Å². The van der Waals surface area contributed by atoms with Crippen LogP contribution in [0.5, 0.6) is 5.75 Å². The van der Waals surface area contributed by atoms with Crippen LogP contribution in [0.3, 0.4) is 0 Å². The highest BCUT2D eigenvalue weighted by Gasteiger charge is 2.46. The lowest BCUT2D eigenvalue weighted by atomic mass is 10.2.